The maximum absolute atomic E-state index is 12.3. The molecule has 0 aliphatic rings. The van der Waals surface area contributed by atoms with Crippen molar-refractivity contribution in [2.75, 3.05) is 11.9 Å². The normalized spacial score (nSPS) is 10.6. The number of thiazole rings is 1. The molecule has 23 heavy (non-hydrogen) atoms. The lowest BCUT2D eigenvalue weighted by Crippen LogP contribution is -2.15. The van der Waals surface area contributed by atoms with Crippen LogP contribution < -0.4 is 11.1 Å². The molecule has 0 bridgehead atoms. The SMILES string of the molecule is CCOC(=O)c1c(NC(=O)c2csc(CN)n2)sc(C)c1CC. The molecule has 0 atom stereocenters. The first kappa shape index (κ1) is 17.6. The molecule has 3 N–H and O–H groups in total. The maximum Gasteiger partial charge on any atom is 0.341 e. The van der Waals surface area contributed by atoms with Gasteiger partial charge in [-0.3, -0.25) is 4.79 Å². The molecule has 124 valence electrons. The van der Waals surface area contributed by atoms with Crippen LogP contribution in [0.5, 0.6) is 0 Å². The number of nitrogens with two attached hydrogens (primary N) is 1. The number of nitrogens with zero attached hydrogens (tertiary/aromatic N) is 1. The Kier molecular flexibility index (Phi) is 5.86. The van der Waals surface area contributed by atoms with E-state index in [1.807, 2.05) is 13.8 Å². The van der Waals surface area contributed by atoms with Gasteiger partial charge in [-0.05, 0) is 25.8 Å². The molecule has 0 spiro atoms. The van der Waals surface area contributed by atoms with Crippen molar-refractivity contribution in [3.8, 4) is 0 Å². The van der Waals surface area contributed by atoms with E-state index in [2.05, 4.69) is 10.3 Å². The largest absolute Gasteiger partial charge is 0.462 e. The van der Waals surface area contributed by atoms with Gasteiger partial charge in [0.2, 0.25) is 0 Å². The number of hydrogen-bond acceptors (Lipinski definition) is 7. The van der Waals surface area contributed by atoms with E-state index in [-0.39, 0.29) is 12.5 Å². The highest BCUT2D eigenvalue weighted by Gasteiger charge is 2.24. The standard InChI is InChI=1S/C15H19N3O3S2/c1-4-9-8(3)23-14(12(9)15(20)21-5-2)18-13(19)10-7-22-11(6-16)17-10/h7H,4-6,16H2,1-3H3,(H,18,19). The monoisotopic (exact) mass is 353 g/mol. The third-order valence-corrected chi connectivity index (χ3v) is 5.16. The summed E-state index contributed by atoms with van der Waals surface area (Å²) in [5, 5.41) is 5.63. The number of carbonyl (C=O) groups is 2. The third-order valence-electron chi connectivity index (χ3n) is 3.23. The maximum atomic E-state index is 12.3. The number of carbonyl (C=O) groups excluding carboxylic acids is 2. The number of hydrogen-bond donors (Lipinski definition) is 2. The quantitative estimate of drug-likeness (QED) is 0.779. The lowest BCUT2D eigenvalue weighted by Gasteiger charge is -2.07. The highest BCUT2D eigenvalue weighted by atomic mass is 32.1. The van der Waals surface area contributed by atoms with Crippen LogP contribution in [0.3, 0.4) is 0 Å². The van der Waals surface area contributed by atoms with Crippen molar-refractivity contribution in [2.24, 2.45) is 5.73 Å². The van der Waals surface area contributed by atoms with E-state index in [4.69, 9.17) is 10.5 Å². The first-order valence-corrected chi connectivity index (χ1v) is 8.96. The second kappa shape index (κ2) is 7.67. The number of ether oxygens (including phenoxy) is 1. The molecule has 0 saturated carbocycles. The molecular weight excluding hydrogens is 334 g/mol. The van der Waals surface area contributed by atoms with Crippen LogP contribution in [-0.2, 0) is 17.7 Å². The predicted octanol–water partition coefficient (Wildman–Crippen LogP) is 2.96. The highest BCUT2D eigenvalue weighted by molar-refractivity contribution is 7.17. The van der Waals surface area contributed by atoms with Crippen LogP contribution in [0.2, 0.25) is 0 Å². The summed E-state index contributed by atoms with van der Waals surface area (Å²) in [5.74, 6) is -0.764. The van der Waals surface area contributed by atoms with Crippen LogP contribution in [0.4, 0.5) is 5.00 Å². The van der Waals surface area contributed by atoms with Gasteiger partial charge < -0.3 is 15.8 Å². The van der Waals surface area contributed by atoms with Crippen molar-refractivity contribution in [2.45, 2.75) is 33.7 Å². The van der Waals surface area contributed by atoms with Gasteiger partial charge in [-0.2, -0.15) is 0 Å². The Balaban J connectivity index is 2.31. The zero-order chi connectivity index (χ0) is 17.0. The van der Waals surface area contributed by atoms with E-state index in [1.165, 1.54) is 22.7 Å². The second-order valence-corrected chi connectivity index (χ2v) is 6.87. The molecule has 2 aromatic rings. The first-order valence-electron chi connectivity index (χ1n) is 7.26. The summed E-state index contributed by atoms with van der Waals surface area (Å²) in [6.45, 7) is 6.24. The summed E-state index contributed by atoms with van der Waals surface area (Å²) in [6, 6.07) is 0. The van der Waals surface area contributed by atoms with Gasteiger partial charge in [-0.15, -0.1) is 22.7 Å². The fourth-order valence-electron chi connectivity index (χ4n) is 2.19. The van der Waals surface area contributed by atoms with Crippen LogP contribution in [0, 0.1) is 6.92 Å². The summed E-state index contributed by atoms with van der Waals surface area (Å²) in [5.41, 5.74) is 7.16. The average Bonchev–Trinajstić information content (AvgIpc) is 3.11. The zero-order valence-electron chi connectivity index (χ0n) is 13.3. The third kappa shape index (κ3) is 3.77. The molecule has 2 heterocycles. The lowest BCUT2D eigenvalue weighted by atomic mass is 10.1. The van der Waals surface area contributed by atoms with Crippen LogP contribution in [0.1, 0.15) is 50.1 Å². The molecule has 0 saturated heterocycles. The van der Waals surface area contributed by atoms with E-state index < -0.39 is 5.97 Å². The van der Waals surface area contributed by atoms with Crippen molar-refractivity contribution in [1.82, 2.24) is 4.98 Å². The smallest absolute Gasteiger partial charge is 0.341 e. The van der Waals surface area contributed by atoms with E-state index in [0.29, 0.717) is 34.2 Å². The number of nitrogens with one attached hydrogen (secondary N) is 1. The minimum Gasteiger partial charge on any atom is -0.462 e. The van der Waals surface area contributed by atoms with E-state index >= 15 is 0 Å². The average molecular weight is 353 g/mol. The topological polar surface area (TPSA) is 94.3 Å². The van der Waals surface area contributed by atoms with Crippen molar-refractivity contribution in [3.05, 3.63) is 32.1 Å². The number of aryl methyl sites for hydroxylation is 1. The van der Waals surface area contributed by atoms with E-state index in [9.17, 15) is 9.59 Å². The van der Waals surface area contributed by atoms with Crippen molar-refractivity contribution in [1.29, 1.82) is 0 Å². The number of thiophene rings is 1. The Hall–Kier alpha value is -1.77. The molecule has 1 amide bonds. The molecule has 6 nitrogen and oxygen atoms in total. The van der Waals surface area contributed by atoms with Crippen LogP contribution >= 0.6 is 22.7 Å². The first-order chi connectivity index (χ1) is 11.0. The molecule has 0 aromatic carbocycles. The molecule has 0 unspecified atom stereocenters. The summed E-state index contributed by atoms with van der Waals surface area (Å²) in [6.07, 6.45) is 0.695. The Morgan fingerprint density at radius 2 is 2.13 bits per heavy atom. The minimum atomic E-state index is -0.412. The fourth-order valence-corrected chi connectivity index (χ4v) is 3.97. The number of anilines is 1. The number of aromatic nitrogens is 1. The van der Waals surface area contributed by atoms with Gasteiger partial charge in [-0.1, -0.05) is 6.92 Å². The Morgan fingerprint density at radius 1 is 1.39 bits per heavy atom. The number of esters is 1. The highest BCUT2D eigenvalue weighted by Crippen LogP contribution is 2.34. The van der Waals surface area contributed by atoms with Gasteiger partial charge in [0.15, 0.2) is 0 Å². The second-order valence-electron chi connectivity index (χ2n) is 4.70. The Bertz CT molecular complexity index is 722. The summed E-state index contributed by atoms with van der Waals surface area (Å²) < 4.78 is 5.12. The molecule has 0 radical (unpaired) electrons. The van der Waals surface area contributed by atoms with Crippen molar-refractivity contribution < 1.29 is 14.3 Å². The van der Waals surface area contributed by atoms with Gasteiger partial charge >= 0.3 is 5.97 Å². The summed E-state index contributed by atoms with van der Waals surface area (Å²) in [7, 11) is 0. The van der Waals surface area contributed by atoms with Crippen LogP contribution in [0.15, 0.2) is 5.38 Å². The molecule has 0 aliphatic heterocycles. The summed E-state index contributed by atoms with van der Waals surface area (Å²) >= 11 is 2.71. The molecule has 2 aromatic heterocycles. The molecule has 8 heteroatoms. The van der Waals surface area contributed by atoms with Crippen molar-refractivity contribution in [3.63, 3.8) is 0 Å². The molecule has 0 fully saturated rings. The van der Waals surface area contributed by atoms with Gasteiger partial charge in [-0.25, -0.2) is 9.78 Å². The van der Waals surface area contributed by atoms with Crippen molar-refractivity contribution >= 4 is 39.6 Å². The van der Waals surface area contributed by atoms with E-state index in [0.717, 1.165) is 10.4 Å². The van der Waals surface area contributed by atoms with E-state index in [1.54, 1.807) is 12.3 Å². The number of rotatable bonds is 6. The summed E-state index contributed by atoms with van der Waals surface area (Å²) in [4.78, 5) is 29.7. The predicted molar refractivity (Wildman–Crippen MR) is 92.3 cm³/mol. The Labute approximate surface area is 142 Å². The van der Waals surface area contributed by atoms with Gasteiger partial charge in [0, 0.05) is 16.8 Å². The fraction of sp³-hybridized carbons (Fsp3) is 0.400. The van der Waals surface area contributed by atoms with Gasteiger partial charge in [0.05, 0.1) is 12.2 Å². The van der Waals surface area contributed by atoms with Crippen LogP contribution in [-0.4, -0.2) is 23.5 Å². The lowest BCUT2D eigenvalue weighted by molar-refractivity contribution is 0.0527. The zero-order valence-corrected chi connectivity index (χ0v) is 14.9. The van der Waals surface area contributed by atoms with Crippen LogP contribution in [0.25, 0.3) is 0 Å². The molecule has 0 aliphatic carbocycles. The van der Waals surface area contributed by atoms with Gasteiger partial charge in [0.1, 0.15) is 15.7 Å². The minimum absolute atomic E-state index is 0.288. The number of amides is 1. The molecule has 2 rings (SSSR count). The molecular formula is C15H19N3O3S2. The van der Waals surface area contributed by atoms with Gasteiger partial charge in [0.25, 0.3) is 5.91 Å². The Morgan fingerprint density at radius 3 is 2.70 bits per heavy atom.